The van der Waals surface area contributed by atoms with E-state index >= 15 is 0 Å². The Morgan fingerprint density at radius 2 is 1.88 bits per heavy atom. The first kappa shape index (κ1) is 19.0. The second-order valence-corrected chi connectivity index (χ2v) is 10.5. The summed E-state index contributed by atoms with van der Waals surface area (Å²) in [6, 6.07) is 5.70. The summed E-state index contributed by atoms with van der Waals surface area (Å²) in [5.74, 6) is -0.199. The molecule has 0 saturated carbocycles. The van der Waals surface area contributed by atoms with E-state index in [1.807, 2.05) is 32.0 Å². The van der Waals surface area contributed by atoms with E-state index in [0.717, 1.165) is 21.7 Å². The zero-order chi connectivity index (χ0) is 19.1. The van der Waals surface area contributed by atoms with E-state index in [4.69, 9.17) is 0 Å². The van der Waals surface area contributed by atoms with Crippen molar-refractivity contribution in [2.24, 2.45) is 0 Å². The molecule has 0 aliphatic carbocycles. The number of thiazole rings is 1. The highest BCUT2D eigenvalue weighted by Crippen LogP contribution is 2.30. The Morgan fingerprint density at radius 3 is 2.50 bits per heavy atom. The zero-order valence-electron chi connectivity index (χ0n) is 15.4. The Morgan fingerprint density at radius 1 is 1.23 bits per heavy atom. The van der Waals surface area contributed by atoms with E-state index in [0.29, 0.717) is 30.2 Å². The van der Waals surface area contributed by atoms with Crippen molar-refractivity contribution in [3.05, 3.63) is 45.5 Å². The zero-order valence-corrected chi connectivity index (χ0v) is 17.0. The molecule has 0 unspecified atom stereocenters. The SMILES string of the molecule is Cc1cc(C)cc(C(=O)Nc2nc3c(s2)CN(S(=O)(=O)C(C)C)CC3)c1. The average molecular weight is 394 g/mol. The van der Waals surface area contributed by atoms with Gasteiger partial charge in [-0.1, -0.05) is 17.2 Å². The summed E-state index contributed by atoms with van der Waals surface area (Å²) in [6.07, 6.45) is 0.567. The van der Waals surface area contributed by atoms with Crippen molar-refractivity contribution in [1.29, 1.82) is 0 Å². The maximum atomic E-state index is 12.5. The number of hydrogen-bond donors (Lipinski definition) is 1. The van der Waals surface area contributed by atoms with Gasteiger partial charge >= 0.3 is 0 Å². The molecule has 1 aliphatic rings. The highest BCUT2D eigenvalue weighted by atomic mass is 32.2. The molecule has 6 nitrogen and oxygen atoms in total. The van der Waals surface area contributed by atoms with Gasteiger partial charge in [0.1, 0.15) is 0 Å². The summed E-state index contributed by atoms with van der Waals surface area (Å²) >= 11 is 1.35. The minimum absolute atomic E-state index is 0.199. The van der Waals surface area contributed by atoms with Crippen LogP contribution in [0.5, 0.6) is 0 Å². The van der Waals surface area contributed by atoms with E-state index in [1.54, 1.807) is 13.8 Å². The Hall–Kier alpha value is -1.77. The van der Waals surface area contributed by atoms with Crippen molar-refractivity contribution in [3.8, 4) is 0 Å². The molecule has 0 fully saturated rings. The molecule has 0 spiro atoms. The van der Waals surface area contributed by atoms with Crippen molar-refractivity contribution < 1.29 is 13.2 Å². The number of nitrogens with one attached hydrogen (secondary N) is 1. The lowest BCUT2D eigenvalue weighted by molar-refractivity contribution is 0.102. The third-order valence-electron chi connectivity index (χ3n) is 4.36. The fraction of sp³-hybridized carbons (Fsp3) is 0.444. The average Bonchev–Trinajstić information content (AvgIpc) is 2.94. The Labute approximate surface area is 158 Å². The van der Waals surface area contributed by atoms with Crippen molar-refractivity contribution in [1.82, 2.24) is 9.29 Å². The molecular formula is C18H23N3O3S2. The van der Waals surface area contributed by atoms with Gasteiger partial charge in [-0.3, -0.25) is 10.1 Å². The highest BCUT2D eigenvalue weighted by molar-refractivity contribution is 7.89. The molecule has 1 amide bonds. The minimum atomic E-state index is -3.28. The second kappa shape index (κ2) is 7.09. The molecule has 0 radical (unpaired) electrons. The molecular weight excluding hydrogens is 370 g/mol. The Bertz CT molecular complexity index is 928. The quantitative estimate of drug-likeness (QED) is 0.866. The van der Waals surface area contributed by atoms with Crippen molar-refractivity contribution in [2.45, 2.75) is 45.9 Å². The number of benzene rings is 1. The summed E-state index contributed by atoms with van der Waals surface area (Å²) in [7, 11) is -3.28. The Kier molecular flexibility index (Phi) is 5.18. The lowest BCUT2D eigenvalue weighted by Gasteiger charge is -2.26. The topological polar surface area (TPSA) is 79.4 Å². The van der Waals surface area contributed by atoms with Crippen LogP contribution in [0.15, 0.2) is 18.2 Å². The number of aromatic nitrogens is 1. The van der Waals surface area contributed by atoms with E-state index in [1.165, 1.54) is 15.6 Å². The molecule has 26 heavy (non-hydrogen) atoms. The van der Waals surface area contributed by atoms with Crippen LogP contribution in [0.2, 0.25) is 0 Å². The molecule has 140 valence electrons. The van der Waals surface area contributed by atoms with Gasteiger partial charge < -0.3 is 0 Å². The van der Waals surface area contributed by atoms with Gasteiger partial charge in [0, 0.05) is 30.0 Å². The molecule has 1 N–H and O–H groups in total. The number of carbonyl (C=O) groups is 1. The predicted octanol–water partition coefficient (Wildman–Crippen LogP) is 3.11. The van der Waals surface area contributed by atoms with Gasteiger partial charge in [0.15, 0.2) is 5.13 Å². The number of fused-ring (bicyclic) bond motifs is 1. The van der Waals surface area contributed by atoms with Crippen molar-refractivity contribution >= 4 is 32.4 Å². The number of sulfonamides is 1. The molecule has 0 bridgehead atoms. The van der Waals surface area contributed by atoms with Crippen LogP contribution in [-0.4, -0.2) is 35.4 Å². The number of nitrogens with zero attached hydrogens (tertiary/aromatic N) is 2. The van der Waals surface area contributed by atoms with Crippen molar-refractivity contribution in [3.63, 3.8) is 0 Å². The molecule has 0 atom stereocenters. The van der Waals surface area contributed by atoms with Crippen LogP contribution in [0, 0.1) is 13.8 Å². The van der Waals surface area contributed by atoms with Crippen LogP contribution in [0.25, 0.3) is 0 Å². The first-order valence-corrected chi connectivity index (χ1v) is 10.9. The summed E-state index contributed by atoms with van der Waals surface area (Å²) in [6.45, 7) is 8.04. The third-order valence-corrected chi connectivity index (χ3v) is 7.58. The van der Waals surface area contributed by atoms with E-state index in [2.05, 4.69) is 10.3 Å². The number of aryl methyl sites for hydroxylation is 2. The van der Waals surface area contributed by atoms with E-state index < -0.39 is 15.3 Å². The number of carbonyl (C=O) groups excluding carboxylic acids is 1. The fourth-order valence-electron chi connectivity index (χ4n) is 3.02. The molecule has 0 saturated heterocycles. The van der Waals surface area contributed by atoms with Crippen LogP contribution >= 0.6 is 11.3 Å². The fourth-order valence-corrected chi connectivity index (χ4v) is 5.37. The second-order valence-electron chi connectivity index (χ2n) is 6.90. The summed E-state index contributed by atoms with van der Waals surface area (Å²) in [5, 5.41) is 2.92. The first-order chi connectivity index (χ1) is 12.2. The Balaban J connectivity index is 1.77. The smallest absolute Gasteiger partial charge is 0.257 e. The van der Waals surface area contributed by atoms with E-state index in [9.17, 15) is 13.2 Å². The van der Waals surface area contributed by atoms with Gasteiger partial charge in [0.05, 0.1) is 10.9 Å². The predicted molar refractivity (Wildman–Crippen MR) is 104 cm³/mol. The number of amides is 1. The van der Waals surface area contributed by atoms with Crippen LogP contribution in [0.1, 0.15) is 45.9 Å². The molecule has 8 heteroatoms. The summed E-state index contributed by atoms with van der Waals surface area (Å²) in [5.41, 5.74) is 3.53. The lowest BCUT2D eigenvalue weighted by atomic mass is 10.1. The van der Waals surface area contributed by atoms with Gasteiger partial charge in [-0.2, -0.15) is 4.31 Å². The maximum Gasteiger partial charge on any atom is 0.257 e. The summed E-state index contributed by atoms with van der Waals surface area (Å²) < 4.78 is 26.2. The van der Waals surface area contributed by atoms with Crippen LogP contribution in [0.4, 0.5) is 5.13 Å². The van der Waals surface area contributed by atoms with Gasteiger partial charge in [0.25, 0.3) is 5.91 Å². The minimum Gasteiger partial charge on any atom is -0.298 e. The molecule has 1 aromatic heterocycles. The van der Waals surface area contributed by atoms with Gasteiger partial charge in [-0.15, -0.1) is 11.3 Å². The van der Waals surface area contributed by atoms with Gasteiger partial charge in [-0.05, 0) is 39.8 Å². The van der Waals surface area contributed by atoms with Crippen LogP contribution in [-0.2, 0) is 23.0 Å². The third kappa shape index (κ3) is 3.82. The molecule has 1 aromatic carbocycles. The standard InChI is InChI=1S/C18H23N3O3S2/c1-11(2)26(23,24)21-6-5-15-16(10-21)25-18(19-15)20-17(22)14-8-12(3)7-13(4)9-14/h7-9,11H,5-6,10H2,1-4H3,(H,19,20,22). The molecule has 1 aliphatic heterocycles. The van der Waals surface area contributed by atoms with Crippen LogP contribution in [0.3, 0.4) is 0 Å². The van der Waals surface area contributed by atoms with Gasteiger partial charge in [-0.25, -0.2) is 13.4 Å². The lowest BCUT2D eigenvalue weighted by Crippen LogP contribution is -2.39. The number of hydrogen-bond acceptors (Lipinski definition) is 5. The maximum absolute atomic E-state index is 12.5. The molecule has 2 aromatic rings. The monoisotopic (exact) mass is 393 g/mol. The highest BCUT2D eigenvalue weighted by Gasteiger charge is 2.31. The molecule has 3 rings (SSSR count). The summed E-state index contributed by atoms with van der Waals surface area (Å²) in [4.78, 5) is 17.9. The van der Waals surface area contributed by atoms with E-state index in [-0.39, 0.29) is 5.91 Å². The molecule has 2 heterocycles. The first-order valence-electron chi connectivity index (χ1n) is 8.54. The number of anilines is 1. The normalized spacial score (nSPS) is 15.1. The largest absolute Gasteiger partial charge is 0.298 e. The number of rotatable bonds is 4. The van der Waals surface area contributed by atoms with Crippen LogP contribution < -0.4 is 5.32 Å². The van der Waals surface area contributed by atoms with Gasteiger partial charge in [0.2, 0.25) is 10.0 Å². The van der Waals surface area contributed by atoms with Crippen molar-refractivity contribution in [2.75, 3.05) is 11.9 Å².